The zero-order valence-electron chi connectivity index (χ0n) is 31.3. The van der Waals surface area contributed by atoms with Crippen LogP contribution in [0.25, 0.3) is 97.0 Å². The fourth-order valence-corrected chi connectivity index (χ4v) is 8.33. The summed E-state index contributed by atoms with van der Waals surface area (Å²) in [5.74, 6) is 0. The highest BCUT2D eigenvalue weighted by molar-refractivity contribution is 7.23. The maximum Gasteiger partial charge on any atom is 0.135 e. The molecule has 0 amide bonds. The zero-order valence-corrected chi connectivity index (χ0v) is 25.1. The van der Waals surface area contributed by atoms with E-state index in [1.54, 1.807) is 11.3 Å². The van der Waals surface area contributed by atoms with Crippen LogP contribution in [-0.2, 0) is 0 Å². The van der Waals surface area contributed by atoms with Gasteiger partial charge in [0.1, 0.15) is 11.2 Å². The summed E-state index contributed by atoms with van der Waals surface area (Å²) in [6.45, 7) is 0. The van der Waals surface area contributed by atoms with E-state index in [0.29, 0.717) is 5.56 Å². The number of benzene rings is 8. The lowest BCUT2D eigenvalue weighted by molar-refractivity contribution is 0.669. The SMILES string of the molecule is [2H]c1c([2H])c([2H])c2c(-c3c4ccccc4c(-c4sc5ccccc5c4-c4ccc5oc6ccccc6c5c4)c4ccccc34)c([2H])c([2H])c([2H])c2c1[2H]. The van der Waals surface area contributed by atoms with Crippen LogP contribution in [0.5, 0.6) is 0 Å². The summed E-state index contributed by atoms with van der Waals surface area (Å²) in [6, 6.07) is 36.1. The van der Waals surface area contributed by atoms with Crippen LogP contribution in [0, 0.1) is 0 Å². The molecule has 0 spiro atoms. The average molecular weight is 610 g/mol. The third-order valence-corrected chi connectivity index (χ3v) is 10.2. The van der Waals surface area contributed by atoms with E-state index in [1.165, 1.54) is 0 Å². The van der Waals surface area contributed by atoms with Crippen molar-refractivity contribution in [3.8, 4) is 32.7 Å². The number of hydrogen-bond acceptors (Lipinski definition) is 2. The second kappa shape index (κ2) is 9.90. The quantitative estimate of drug-likeness (QED) is 0.182. The van der Waals surface area contributed by atoms with Crippen LogP contribution in [0.1, 0.15) is 9.60 Å². The number of furan rings is 1. The first-order chi connectivity index (χ1) is 25.7. The van der Waals surface area contributed by atoms with Gasteiger partial charge in [0.25, 0.3) is 0 Å². The summed E-state index contributed by atoms with van der Waals surface area (Å²) in [5, 5.41) is 6.59. The van der Waals surface area contributed by atoms with Gasteiger partial charge in [0, 0.05) is 36.9 Å². The van der Waals surface area contributed by atoms with E-state index in [9.17, 15) is 1.37 Å². The summed E-state index contributed by atoms with van der Waals surface area (Å²) >= 11 is 1.72. The Balaban J connectivity index is 1.37. The summed E-state index contributed by atoms with van der Waals surface area (Å²) in [5.41, 5.74) is 5.63. The Labute approximate surface area is 279 Å². The smallest absolute Gasteiger partial charge is 0.135 e. The van der Waals surface area contributed by atoms with Gasteiger partial charge in [0.15, 0.2) is 0 Å². The highest BCUT2D eigenvalue weighted by atomic mass is 32.1. The lowest BCUT2D eigenvalue weighted by atomic mass is 9.85. The molecule has 10 rings (SSSR count). The predicted octanol–water partition coefficient (Wildman–Crippen LogP) is 13.3. The predicted molar refractivity (Wildman–Crippen MR) is 198 cm³/mol. The lowest BCUT2D eigenvalue weighted by Crippen LogP contribution is -1.91. The topological polar surface area (TPSA) is 13.1 Å². The van der Waals surface area contributed by atoms with Gasteiger partial charge in [0.2, 0.25) is 0 Å². The van der Waals surface area contributed by atoms with Gasteiger partial charge in [-0.3, -0.25) is 0 Å². The maximum atomic E-state index is 9.28. The Morgan fingerprint density at radius 1 is 0.457 bits per heavy atom. The van der Waals surface area contributed by atoms with Crippen molar-refractivity contribution < 1.29 is 14.0 Å². The molecular weight excluding hydrogens is 577 g/mol. The van der Waals surface area contributed by atoms with Crippen LogP contribution in [0.3, 0.4) is 0 Å². The number of para-hydroxylation sites is 1. The molecule has 0 saturated carbocycles. The second-order valence-corrected chi connectivity index (χ2v) is 12.5. The summed E-state index contributed by atoms with van der Waals surface area (Å²) < 4.78 is 68.9. The van der Waals surface area contributed by atoms with Crippen LogP contribution in [-0.4, -0.2) is 0 Å². The van der Waals surface area contributed by atoms with Gasteiger partial charge in [-0.15, -0.1) is 11.3 Å². The molecule has 0 unspecified atom stereocenters. The largest absolute Gasteiger partial charge is 0.456 e. The molecule has 0 atom stereocenters. The Hall–Kier alpha value is -5.70. The molecule has 1 nitrogen and oxygen atoms in total. The molecule has 8 aromatic carbocycles. The number of thiophene rings is 1. The molecular formula is C44H26OS. The van der Waals surface area contributed by atoms with E-state index in [-0.39, 0.29) is 46.5 Å². The minimum absolute atomic E-state index is 0.0572. The number of hydrogen-bond donors (Lipinski definition) is 0. The molecule has 0 fully saturated rings. The van der Waals surface area contributed by atoms with Crippen LogP contribution in [0.4, 0.5) is 0 Å². The monoisotopic (exact) mass is 609 g/mol. The van der Waals surface area contributed by atoms with E-state index in [0.717, 1.165) is 75.1 Å². The Morgan fingerprint density at radius 3 is 1.85 bits per heavy atom. The van der Waals surface area contributed by atoms with Gasteiger partial charge >= 0.3 is 0 Å². The van der Waals surface area contributed by atoms with Crippen molar-refractivity contribution in [1.82, 2.24) is 0 Å². The Morgan fingerprint density at radius 2 is 1.07 bits per heavy atom. The molecule has 214 valence electrons. The van der Waals surface area contributed by atoms with Gasteiger partial charge in [-0.25, -0.2) is 0 Å². The molecule has 2 heterocycles. The van der Waals surface area contributed by atoms with Gasteiger partial charge in [-0.2, -0.15) is 0 Å². The van der Waals surface area contributed by atoms with E-state index >= 15 is 0 Å². The van der Waals surface area contributed by atoms with Gasteiger partial charge < -0.3 is 4.42 Å². The minimum Gasteiger partial charge on any atom is -0.456 e. The fourth-order valence-electron chi connectivity index (χ4n) is 7.03. The van der Waals surface area contributed by atoms with Crippen molar-refractivity contribution in [1.29, 1.82) is 0 Å². The van der Waals surface area contributed by atoms with Gasteiger partial charge in [-0.1, -0.05) is 133 Å². The molecule has 46 heavy (non-hydrogen) atoms. The van der Waals surface area contributed by atoms with Crippen LogP contribution in [0.2, 0.25) is 0 Å². The van der Waals surface area contributed by atoms with Crippen LogP contribution in [0.15, 0.2) is 162 Å². The fraction of sp³-hybridized carbons (Fsp3) is 0. The lowest BCUT2D eigenvalue weighted by Gasteiger charge is -2.19. The van der Waals surface area contributed by atoms with Gasteiger partial charge in [0.05, 0.1) is 9.60 Å². The number of fused-ring (bicyclic) bond motifs is 7. The van der Waals surface area contributed by atoms with Crippen molar-refractivity contribution in [2.24, 2.45) is 0 Å². The Bertz CT molecular complexity index is 3150. The minimum atomic E-state index is -0.469. The molecule has 2 aromatic heterocycles. The van der Waals surface area contributed by atoms with Crippen molar-refractivity contribution in [2.75, 3.05) is 0 Å². The molecule has 0 radical (unpaired) electrons. The molecule has 0 N–H and O–H groups in total. The molecule has 10 aromatic rings. The first-order valence-electron chi connectivity index (χ1n) is 18.6. The highest BCUT2D eigenvalue weighted by Gasteiger charge is 2.23. The zero-order chi connectivity index (χ0) is 36.3. The molecule has 2 heteroatoms. The standard InChI is InChI=1S/C44H26OS/c1-2-14-29-27(12-1)13-11-21-31(29)42-32-16-3-5-18-34(32)43(35-19-6-4-17-33(35)42)44-41(36-20-8-10-23-40(36)46-44)28-24-25-39-37(26-28)30-15-7-9-22-38(30)45-39/h1-26H/i1D,2D,11D,12D,13D,14D,21D. The van der Waals surface area contributed by atoms with Crippen LogP contribution >= 0.6 is 11.3 Å². The first-order valence-corrected chi connectivity index (χ1v) is 15.9. The molecule has 0 aliphatic carbocycles. The third-order valence-electron chi connectivity index (χ3n) is 8.98. The van der Waals surface area contributed by atoms with Crippen molar-refractivity contribution in [3.05, 3.63) is 158 Å². The summed E-state index contributed by atoms with van der Waals surface area (Å²) in [4.78, 5) is 1.07. The van der Waals surface area contributed by atoms with E-state index < -0.39 is 12.1 Å². The summed E-state index contributed by atoms with van der Waals surface area (Å²) in [6.07, 6.45) is 0. The molecule has 0 bridgehead atoms. The van der Waals surface area contributed by atoms with Crippen molar-refractivity contribution in [2.45, 2.75) is 0 Å². The first kappa shape index (κ1) is 19.6. The second-order valence-electron chi connectivity index (χ2n) is 11.5. The number of rotatable bonds is 3. The van der Waals surface area contributed by atoms with Gasteiger partial charge in [-0.05, 0) is 73.3 Å². The van der Waals surface area contributed by atoms with Crippen molar-refractivity contribution >= 4 is 75.7 Å². The third kappa shape index (κ3) is 3.68. The molecule has 0 saturated heterocycles. The average Bonchev–Trinajstić information content (AvgIpc) is 3.76. The van der Waals surface area contributed by atoms with E-state index in [2.05, 4.69) is 54.6 Å². The molecule has 0 aliphatic rings. The van der Waals surface area contributed by atoms with E-state index in [4.69, 9.17) is 12.6 Å². The van der Waals surface area contributed by atoms with Crippen LogP contribution < -0.4 is 0 Å². The normalized spacial score (nSPS) is 14.0. The van der Waals surface area contributed by atoms with E-state index in [1.807, 2.05) is 60.7 Å². The van der Waals surface area contributed by atoms with Crippen molar-refractivity contribution in [3.63, 3.8) is 0 Å². The molecule has 0 aliphatic heterocycles. The summed E-state index contributed by atoms with van der Waals surface area (Å²) in [7, 11) is 0. The highest BCUT2D eigenvalue weighted by Crippen LogP contribution is 2.52. The Kier molecular flexibility index (Phi) is 4.23. The maximum absolute atomic E-state index is 9.28.